The van der Waals surface area contributed by atoms with E-state index >= 15 is 0 Å². The molecule has 8 nitrogen and oxygen atoms in total. The molecule has 0 aliphatic heterocycles. The number of aromatic amines is 2. The van der Waals surface area contributed by atoms with Crippen LogP contribution < -0.4 is 11.0 Å². The van der Waals surface area contributed by atoms with Crippen LogP contribution in [0.1, 0.15) is 11.1 Å². The second-order valence-electron chi connectivity index (χ2n) is 7.65. The molecule has 0 radical (unpaired) electrons. The lowest BCUT2D eigenvalue weighted by molar-refractivity contribution is 0.635. The van der Waals surface area contributed by atoms with Crippen molar-refractivity contribution in [3.63, 3.8) is 0 Å². The highest BCUT2D eigenvalue weighted by Gasteiger charge is 2.15. The van der Waals surface area contributed by atoms with Gasteiger partial charge in [0.2, 0.25) is 0 Å². The zero-order valence-corrected chi connectivity index (χ0v) is 18.5. The molecule has 5 aromatic rings. The molecule has 0 atom stereocenters. The van der Waals surface area contributed by atoms with Crippen molar-refractivity contribution in [2.75, 3.05) is 6.54 Å². The third kappa shape index (κ3) is 4.08. The maximum atomic E-state index is 15.0. The van der Waals surface area contributed by atoms with E-state index in [1.54, 1.807) is 30.3 Å². The van der Waals surface area contributed by atoms with Crippen LogP contribution in [-0.2, 0) is 6.42 Å². The molecular weight excluding hydrogens is 457 g/mol. The molecule has 0 aliphatic carbocycles. The van der Waals surface area contributed by atoms with Crippen LogP contribution in [0.15, 0.2) is 65.5 Å². The van der Waals surface area contributed by atoms with E-state index in [-0.39, 0.29) is 11.2 Å². The minimum absolute atomic E-state index is 0.122. The normalized spacial score (nSPS) is 11.9. The summed E-state index contributed by atoms with van der Waals surface area (Å²) in [5.41, 5.74) is 4.27. The van der Waals surface area contributed by atoms with Crippen LogP contribution >= 0.6 is 11.6 Å². The van der Waals surface area contributed by atoms with Crippen LogP contribution in [0.2, 0.25) is 5.02 Å². The summed E-state index contributed by atoms with van der Waals surface area (Å²) in [5.74, 6) is -0.529. The quantitative estimate of drug-likeness (QED) is 0.264. The molecule has 10 heteroatoms. The Kier molecular flexibility index (Phi) is 5.69. The molecule has 3 aromatic carbocycles. The molecule has 0 saturated carbocycles. The van der Waals surface area contributed by atoms with Crippen molar-refractivity contribution < 1.29 is 4.39 Å². The average molecular weight is 476 g/mol. The number of H-pyrrole nitrogens is 2. The number of rotatable bonds is 7. The Hall–Kier alpha value is -4.24. The molecule has 2 heterocycles. The molecule has 2 aromatic heterocycles. The van der Waals surface area contributed by atoms with Gasteiger partial charge in [-0.15, -0.1) is 5.10 Å². The van der Waals surface area contributed by atoms with Gasteiger partial charge in [-0.05, 0) is 54.5 Å². The molecule has 0 unspecified atom stereocenters. The Morgan fingerprint density at radius 3 is 2.79 bits per heavy atom. The van der Waals surface area contributed by atoms with Crippen LogP contribution in [0.25, 0.3) is 33.5 Å². The van der Waals surface area contributed by atoms with Crippen molar-refractivity contribution >= 4 is 45.6 Å². The maximum Gasteiger partial charge on any atom is 0.323 e. The van der Waals surface area contributed by atoms with Crippen molar-refractivity contribution in [1.29, 1.82) is 5.41 Å². The summed E-state index contributed by atoms with van der Waals surface area (Å²) in [6, 6.07) is 16.0. The maximum absolute atomic E-state index is 15.0. The first-order valence-corrected chi connectivity index (χ1v) is 10.9. The average Bonchev–Trinajstić information content (AvgIpc) is 3.42. The van der Waals surface area contributed by atoms with Crippen LogP contribution in [0.3, 0.4) is 0 Å². The highest BCUT2D eigenvalue weighted by molar-refractivity contribution is 6.31. The Labute approximate surface area is 197 Å². The topological polar surface area (TPSA) is 115 Å². The van der Waals surface area contributed by atoms with E-state index in [1.165, 1.54) is 10.7 Å². The number of nitrogens with zero attached hydrogens (tertiary/aromatic N) is 3. The minimum atomic E-state index is -0.529. The standard InChI is InChI=1S/C24H19ClFN7O/c25-17-4-2-1-3-14(17)8-10-28-19(7-9-27)15-11-18(26)23-22(12-15)33(32-31-23)16-5-6-20-21(13-16)30-24(34)29-20/h1-7,9,11-13,27-28H,8,10H2,(H2,29,30,34)/b19-7-,27-9?. The smallest absolute Gasteiger partial charge is 0.323 e. The summed E-state index contributed by atoms with van der Waals surface area (Å²) in [6.07, 6.45) is 3.37. The van der Waals surface area contributed by atoms with Crippen molar-refractivity contribution in [2.45, 2.75) is 6.42 Å². The first-order valence-electron chi connectivity index (χ1n) is 10.5. The van der Waals surface area contributed by atoms with Gasteiger partial charge in [-0.25, -0.2) is 13.9 Å². The summed E-state index contributed by atoms with van der Waals surface area (Å²) in [5, 5.41) is 19.6. The first-order chi connectivity index (χ1) is 16.5. The van der Waals surface area contributed by atoms with Gasteiger partial charge >= 0.3 is 5.69 Å². The molecular formula is C24H19ClFN7O. The lowest BCUT2D eigenvalue weighted by atomic mass is 10.1. The molecule has 5 rings (SSSR count). The summed E-state index contributed by atoms with van der Waals surface area (Å²) in [6.45, 7) is 0.540. The van der Waals surface area contributed by atoms with E-state index in [9.17, 15) is 9.18 Å². The number of imidazole rings is 1. The lowest BCUT2D eigenvalue weighted by Gasteiger charge is -2.12. The Bertz CT molecular complexity index is 1610. The fourth-order valence-corrected chi connectivity index (χ4v) is 4.08. The molecule has 0 fully saturated rings. The van der Waals surface area contributed by atoms with Gasteiger partial charge in [-0.2, -0.15) is 0 Å². The Morgan fingerprint density at radius 1 is 1.15 bits per heavy atom. The second kappa shape index (κ2) is 8.95. The number of nitrogens with one attached hydrogen (secondary N) is 4. The first kappa shape index (κ1) is 21.6. The van der Waals surface area contributed by atoms with Crippen molar-refractivity contribution in [3.05, 3.63) is 93.1 Å². The Balaban J connectivity index is 1.49. The predicted octanol–water partition coefficient (Wildman–Crippen LogP) is 4.21. The van der Waals surface area contributed by atoms with Gasteiger partial charge in [0.25, 0.3) is 0 Å². The highest BCUT2D eigenvalue weighted by Crippen LogP contribution is 2.25. The fraction of sp³-hybridized carbons (Fsp3) is 0.0833. The monoisotopic (exact) mass is 475 g/mol. The Morgan fingerprint density at radius 2 is 1.97 bits per heavy atom. The van der Waals surface area contributed by atoms with Gasteiger partial charge in [0.1, 0.15) is 5.52 Å². The predicted molar refractivity (Wildman–Crippen MR) is 131 cm³/mol. The number of fused-ring (bicyclic) bond motifs is 2. The number of benzene rings is 3. The molecule has 0 saturated heterocycles. The second-order valence-corrected chi connectivity index (χ2v) is 8.06. The summed E-state index contributed by atoms with van der Waals surface area (Å²) in [4.78, 5) is 17.0. The zero-order chi connectivity index (χ0) is 23.7. The number of hydrogen-bond donors (Lipinski definition) is 4. The molecule has 170 valence electrons. The van der Waals surface area contributed by atoms with E-state index in [0.29, 0.717) is 51.5 Å². The van der Waals surface area contributed by atoms with Crippen molar-refractivity contribution in [2.24, 2.45) is 0 Å². The summed E-state index contributed by atoms with van der Waals surface area (Å²) < 4.78 is 16.5. The van der Waals surface area contributed by atoms with Gasteiger partial charge in [0.15, 0.2) is 5.82 Å². The van der Waals surface area contributed by atoms with Gasteiger partial charge in [0, 0.05) is 29.0 Å². The van der Waals surface area contributed by atoms with Gasteiger partial charge in [0.05, 0.1) is 22.2 Å². The van der Waals surface area contributed by atoms with Gasteiger partial charge in [-0.1, -0.05) is 35.0 Å². The van der Waals surface area contributed by atoms with E-state index in [1.807, 2.05) is 24.3 Å². The third-order valence-electron chi connectivity index (χ3n) is 5.48. The molecule has 34 heavy (non-hydrogen) atoms. The van der Waals surface area contributed by atoms with Crippen LogP contribution in [-0.4, -0.2) is 37.7 Å². The number of hydrogen-bond acceptors (Lipinski definition) is 5. The molecule has 0 aliphatic rings. The zero-order valence-electron chi connectivity index (χ0n) is 17.8. The van der Waals surface area contributed by atoms with E-state index in [2.05, 4.69) is 25.6 Å². The molecule has 4 N–H and O–H groups in total. The van der Waals surface area contributed by atoms with Gasteiger partial charge < -0.3 is 20.7 Å². The van der Waals surface area contributed by atoms with Crippen LogP contribution in [0.5, 0.6) is 0 Å². The minimum Gasteiger partial charge on any atom is -0.384 e. The third-order valence-corrected chi connectivity index (χ3v) is 5.85. The van der Waals surface area contributed by atoms with Crippen molar-refractivity contribution in [3.8, 4) is 5.69 Å². The largest absolute Gasteiger partial charge is 0.384 e. The van der Waals surface area contributed by atoms with Crippen molar-refractivity contribution in [1.82, 2.24) is 30.3 Å². The van der Waals surface area contributed by atoms with E-state index in [4.69, 9.17) is 17.0 Å². The van der Waals surface area contributed by atoms with Crippen LogP contribution in [0.4, 0.5) is 4.39 Å². The number of aromatic nitrogens is 5. The molecule has 0 bridgehead atoms. The summed E-state index contributed by atoms with van der Waals surface area (Å²) >= 11 is 6.24. The van der Waals surface area contributed by atoms with Gasteiger partial charge in [-0.3, -0.25) is 0 Å². The SMILES string of the molecule is N=C/C=C(\NCCc1ccccc1Cl)c1cc(F)c2nnn(-c3ccc4[nH]c(=O)[nH]c4c3)c2c1. The van der Waals surface area contributed by atoms with Crippen LogP contribution in [0, 0.1) is 11.2 Å². The molecule has 0 spiro atoms. The number of halogens is 2. The van der Waals surface area contributed by atoms with E-state index in [0.717, 1.165) is 11.8 Å². The highest BCUT2D eigenvalue weighted by atomic mass is 35.5. The number of allylic oxidation sites excluding steroid dienone is 1. The molecule has 0 amide bonds. The fourth-order valence-electron chi connectivity index (χ4n) is 3.85. The van der Waals surface area contributed by atoms with E-state index < -0.39 is 5.82 Å². The lowest BCUT2D eigenvalue weighted by Crippen LogP contribution is -2.16. The summed E-state index contributed by atoms with van der Waals surface area (Å²) in [7, 11) is 0.